The number of nitrogens with one attached hydrogen (secondary N) is 1. The SMILES string of the molecule is O=C(NC1CCN(c2ccc(F)cc2S(=O)(=O)C(F)(F)F)CC1)C1CCCCC1. The van der Waals surface area contributed by atoms with Gasteiger partial charge >= 0.3 is 5.51 Å². The Labute approximate surface area is 167 Å². The van der Waals surface area contributed by atoms with Gasteiger partial charge in [-0.1, -0.05) is 19.3 Å². The Kier molecular flexibility index (Phi) is 6.40. The third-order valence-corrected chi connectivity index (χ3v) is 7.19. The molecule has 0 spiro atoms. The quantitative estimate of drug-likeness (QED) is 0.730. The summed E-state index contributed by atoms with van der Waals surface area (Å²) in [4.78, 5) is 12.8. The monoisotopic (exact) mass is 436 g/mol. The van der Waals surface area contributed by atoms with Crippen molar-refractivity contribution in [3.05, 3.63) is 24.0 Å². The van der Waals surface area contributed by atoms with Gasteiger partial charge in [-0.2, -0.15) is 13.2 Å². The van der Waals surface area contributed by atoms with E-state index in [1.807, 2.05) is 0 Å². The number of benzene rings is 1. The van der Waals surface area contributed by atoms with E-state index in [2.05, 4.69) is 5.32 Å². The standard InChI is InChI=1S/C19H24F4N2O3S/c20-14-6-7-16(17(12-14)29(27,28)19(21,22)23)25-10-8-15(9-11-25)24-18(26)13-4-2-1-3-5-13/h6-7,12-13,15H,1-5,8-11H2,(H,24,26). The molecular weight excluding hydrogens is 412 g/mol. The van der Waals surface area contributed by atoms with Crippen LogP contribution in [0.1, 0.15) is 44.9 Å². The molecule has 1 amide bonds. The number of carbonyl (C=O) groups excluding carboxylic acids is 1. The van der Waals surface area contributed by atoms with Crippen LogP contribution < -0.4 is 10.2 Å². The molecule has 0 atom stereocenters. The van der Waals surface area contributed by atoms with Crippen LogP contribution in [0.2, 0.25) is 0 Å². The van der Waals surface area contributed by atoms with Gasteiger partial charge in [-0.25, -0.2) is 12.8 Å². The minimum Gasteiger partial charge on any atom is -0.370 e. The molecule has 1 aliphatic heterocycles. The summed E-state index contributed by atoms with van der Waals surface area (Å²) in [6.07, 6.45) is 5.92. The topological polar surface area (TPSA) is 66.5 Å². The molecule has 2 fully saturated rings. The van der Waals surface area contributed by atoms with Gasteiger partial charge in [0.25, 0.3) is 9.84 Å². The summed E-state index contributed by atoms with van der Waals surface area (Å²) in [6.45, 7) is 0.531. The van der Waals surface area contributed by atoms with Crippen molar-refractivity contribution in [1.29, 1.82) is 0 Å². The number of hydrogen-bond donors (Lipinski definition) is 1. The first kappa shape index (κ1) is 21.9. The van der Waals surface area contributed by atoms with Crippen molar-refractivity contribution in [2.45, 2.75) is 61.4 Å². The Morgan fingerprint density at radius 2 is 1.66 bits per heavy atom. The number of piperidine rings is 1. The maximum atomic E-state index is 13.5. The van der Waals surface area contributed by atoms with E-state index >= 15 is 0 Å². The van der Waals surface area contributed by atoms with Crippen LogP contribution >= 0.6 is 0 Å². The molecule has 1 saturated heterocycles. The number of nitrogens with zero attached hydrogens (tertiary/aromatic N) is 1. The van der Waals surface area contributed by atoms with Gasteiger partial charge in [0.05, 0.1) is 5.69 Å². The highest BCUT2D eigenvalue weighted by Crippen LogP contribution is 2.37. The van der Waals surface area contributed by atoms with Crippen molar-refractivity contribution in [3.8, 4) is 0 Å². The maximum absolute atomic E-state index is 13.5. The molecule has 1 N–H and O–H groups in total. The van der Waals surface area contributed by atoms with E-state index in [0.717, 1.165) is 44.2 Å². The number of anilines is 1. The highest BCUT2D eigenvalue weighted by molar-refractivity contribution is 7.92. The third-order valence-electron chi connectivity index (χ3n) is 5.67. The van der Waals surface area contributed by atoms with E-state index in [9.17, 15) is 30.8 Å². The maximum Gasteiger partial charge on any atom is 0.501 e. The molecule has 162 valence electrons. The third kappa shape index (κ3) is 4.84. The van der Waals surface area contributed by atoms with Gasteiger partial charge in [0.1, 0.15) is 10.7 Å². The predicted molar refractivity (Wildman–Crippen MR) is 99.6 cm³/mol. The lowest BCUT2D eigenvalue weighted by Crippen LogP contribution is -2.47. The van der Waals surface area contributed by atoms with Gasteiger partial charge in [0.2, 0.25) is 5.91 Å². The number of hydrogen-bond acceptors (Lipinski definition) is 4. The van der Waals surface area contributed by atoms with Gasteiger partial charge < -0.3 is 10.2 Å². The molecule has 0 aromatic heterocycles. The molecule has 3 rings (SSSR count). The van der Waals surface area contributed by atoms with Crippen LogP contribution in [0.4, 0.5) is 23.2 Å². The Morgan fingerprint density at radius 1 is 1.03 bits per heavy atom. The lowest BCUT2D eigenvalue weighted by atomic mass is 9.88. The molecule has 1 aromatic carbocycles. The number of amides is 1. The molecule has 5 nitrogen and oxygen atoms in total. The highest BCUT2D eigenvalue weighted by atomic mass is 32.2. The minimum absolute atomic E-state index is 0.0161. The molecule has 2 aliphatic rings. The summed E-state index contributed by atoms with van der Waals surface area (Å²) in [7, 11) is -5.68. The molecule has 1 aliphatic carbocycles. The minimum atomic E-state index is -5.68. The molecular formula is C19H24F4N2O3S. The Hall–Kier alpha value is -1.84. The number of carbonyl (C=O) groups is 1. The Balaban J connectivity index is 1.69. The van der Waals surface area contributed by atoms with Crippen LogP contribution in [0.5, 0.6) is 0 Å². The molecule has 1 saturated carbocycles. The zero-order valence-electron chi connectivity index (χ0n) is 15.8. The number of rotatable bonds is 4. The summed E-state index contributed by atoms with van der Waals surface area (Å²) < 4.78 is 76.3. The van der Waals surface area contributed by atoms with Crippen LogP contribution in [0.15, 0.2) is 23.1 Å². The van der Waals surface area contributed by atoms with E-state index < -0.39 is 26.1 Å². The van der Waals surface area contributed by atoms with E-state index in [1.165, 1.54) is 4.90 Å². The lowest BCUT2D eigenvalue weighted by molar-refractivity contribution is -0.126. The lowest BCUT2D eigenvalue weighted by Gasteiger charge is -2.35. The summed E-state index contributed by atoms with van der Waals surface area (Å²) in [5.74, 6) is -1.01. The fourth-order valence-electron chi connectivity index (χ4n) is 4.04. The Bertz CT molecular complexity index is 844. The second kappa shape index (κ2) is 8.49. The van der Waals surface area contributed by atoms with Crippen molar-refractivity contribution in [2.24, 2.45) is 5.92 Å². The average molecular weight is 436 g/mol. The van der Waals surface area contributed by atoms with Gasteiger partial charge in [0.15, 0.2) is 0 Å². The van der Waals surface area contributed by atoms with Gasteiger partial charge in [-0.05, 0) is 43.9 Å². The predicted octanol–water partition coefficient (Wildman–Crippen LogP) is 3.78. The van der Waals surface area contributed by atoms with Crippen LogP contribution in [-0.2, 0) is 14.6 Å². The first-order valence-electron chi connectivity index (χ1n) is 9.76. The second-order valence-corrected chi connectivity index (χ2v) is 9.58. The summed E-state index contributed by atoms with van der Waals surface area (Å²) in [5.41, 5.74) is -5.68. The van der Waals surface area contributed by atoms with Crippen molar-refractivity contribution in [1.82, 2.24) is 5.32 Å². The first-order valence-corrected chi connectivity index (χ1v) is 11.2. The highest BCUT2D eigenvalue weighted by Gasteiger charge is 2.48. The molecule has 0 bridgehead atoms. The number of halogens is 4. The summed E-state index contributed by atoms with van der Waals surface area (Å²) in [5, 5.41) is 3.01. The zero-order valence-corrected chi connectivity index (χ0v) is 16.7. The second-order valence-electron chi connectivity index (χ2n) is 7.67. The largest absolute Gasteiger partial charge is 0.501 e. The number of sulfone groups is 1. The molecule has 0 radical (unpaired) electrons. The van der Waals surface area contributed by atoms with Crippen molar-refractivity contribution in [3.63, 3.8) is 0 Å². The smallest absolute Gasteiger partial charge is 0.370 e. The molecule has 29 heavy (non-hydrogen) atoms. The molecule has 0 unspecified atom stereocenters. The van der Waals surface area contributed by atoms with Crippen LogP contribution in [0.25, 0.3) is 0 Å². The zero-order chi connectivity index (χ0) is 21.2. The van der Waals surface area contributed by atoms with Gasteiger partial charge in [-0.15, -0.1) is 0 Å². The van der Waals surface area contributed by atoms with Crippen LogP contribution in [-0.4, -0.2) is 39.0 Å². The molecule has 1 aromatic rings. The van der Waals surface area contributed by atoms with Crippen LogP contribution in [0, 0.1) is 11.7 Å². The van der Waals surface area contributed by atoms with Gasteiger partial charge in [0, 0.05) is 25.0 Å². The summed E-state index contributed by atoms with van der Waals surface area (Å²) >= 11 is 0. The van der Waals surface area contributed by atoms with Gasteiger partial charge in [-0.3, -0.25) is 4.79 Å². The fraction of sp³-hybridized carbons (Fsp3) is 0.632. The first-order chi connectivity index (χ1) is 13.6. The molecule has 10 heteroatoms. The van der Waals surface area contributed by atoms with Crippen molar-refractivity contribution in [2.75, 3.05) is 18.0 Å². The van der Waals surface area contributed by atoms with Crippen molar-refractivity contribution >= 4 is 21.4 Å². The summed E-state index contributed by atoms with van der Waals surface area (Å²) in [6, 6.07) is 2.31. The normalized spacial score (nSPS) is 19.9. The van der Waals surface area contributed by atoms with E-state index in [4.69, 9.17) is 0 Å². The van der Waals surface area contributed by atoms with Crippen molar-refractivity contribution < 1.29 is 30.8 Å². The van der Waals surface area contributed by atoms with E-state index in [1.54, 1.807) is 0 Å². The number of alkyl halides is 3. The van der Waals surface area contributed by atoms with E-state index in [0.29, 0.717) is 18.9 Å². The van der Waals surface area contributed by atoms with E-state index in [-0.39, 0.29) is 36.6 Å². The Morgan fingerprint density at radius 3 is 2.24 bits per heavy atom. The fourth-order valence-corrected chi connectivity index (χ4v) is 5.03. The van der Waals surface area contributed by atoms with Crippen LogP contribution in [0.3, 0.4) is 0 Å². The average Bonchev–Trinajstić information content (AvgIpc) is 2.68. The molecule has 1 heterocycles.